The summed E-state index contributed by atoms with van der Waals surface area (Å²) in [6.45, 7) is 10.1. The van der Waals surface area contributed by atoms with Crippen LogP contribution >= 0.6 is 0 Å². The summed E-state index contributed by atoms with van der Waals surface area (Å²) in [6.07, 6.45) is 2.98. The number of morpholine rings is 1. The number of benzene rings is 4. The minimum Gasteiger partial charge on any atom is -0.492 e. The predicted octanol–water partition coefficient (Wildman–Crippen LogP) is 7.95. The number of methoxy groups -OCH3 is 1. The van der Waals surface area contributed by atoms with Crippen molar-refractivity contribution in [3.8, 4) is 22.9 Å². The van der Waals surface area contributed by atoms with Gasteiger partial charge < -0.3 is 28.6 Å². The van der Waals surface area contributed by atoms with Crippen molar-refractivity contribution in [2.24, 2.45) is 7.05 Å². The number of para-hydroxylation sites is 1. The summed E-state index contributed by atoms with van der Waals surface area (Å²) in [5, 5.41) is 0. The smallest absolute Gasteiger partial charge is 0.264 e. The fourth-order valence-corrected chi connectivity index (χ4v) is 9.37. The van der Waals surface area contributed by atoms with Gasteiger partial charge in [-0.3, -0.25) is 24.2 Å². The molecule has 3 aliphatic rings. The number of carbonyl (C=O) groups is 3. The second-order valence-electron chi connectivity index (χ2n) is 17.4. The first kappa shape index (κ1) is 44.4. The number of rotatable bonds is 12. The normalized spacial score (nSPS) is 16.0. The Kier molecular flexibility index (Phi) is 13.0. The van der Waals surface area contributed by atoms with E-state index in [1.165, 1.54) is 29.8 Å². The number of anilines is 2. The third-order valence-corrected chi connectivity index (χ3v) is 13.3. The number of pyridine rings is 1. The number of carbonyl (C=O) groups excluding carboxylic acids is 3. The van der Waals surface area contributed by atoms with Gasteiger partial charge in [0.15, 0.2) is 5.82 Å². The van der Waals surface area contributed by atoms with Crippen LogP contribution < -0.4 is 14.4 Å². The lowest BCUT2D eigenvalue weighted by Crippen LogP contribution is -2.43. The quantitative estimate of drug-likeness (QED) is 0.122. The highest BCUT2D eigenvalue weighted by Gasteiger charge is 2.33. The van der Waals surface area contributed by atoms with Gasteiger partial charge in [-0.1, -0.05) is 54.6 Å². The van der Waals surface area contributed by atoms with Crippen molar-refractivity contribution in [2.75, 3.05) is 58.0 Å². The van der Waals surface area contributed by atoms with Crippen LogP contribution in [0.5, 0.6) is 11.6 Å². The lowest BCUT2D eigenvalue weighted by atomic mass is 9.89. The molecule has 12 nitrogen and oxygen atoms in total. The average Bonchev–Trinajstić information content (AvgIpc) is 3.64. The Morgan fingerprint density at radius 1 is 0.833 bits per heavy atom. The number of ether oxygens (including phenoxy) is 3. The van der Waals surface area contributed by atoms with E-state index in [-0.39, 0.29) is 41.8 Å². The van der Waals surface area contributed by atoms with Crippen molar-refractivity contribution in [1.82, 2.24) is 24.3 Å². The highest BCUT2D eigenvalue weighted by Crippen LogP contribution is 2.37. The molecule has 3 aliphatic heterocycles. The maximum atomic E-state index is 15.1. The molecule has 0 unspecified atom stereocenters. The first-order valence-electron chi connectivity index (χ1n) is 22.6. The highest BCUT2D eigenvalue weighted by molar-refractivity contribution is 6.12. The SMILES string of the molecule is COc1ncc(N(C(=O)c2cc(-c3cc4c(cc3C(=O)N3Cc5ccccc5C[C@H]3C)CN(C(=O)Cc3ccc(OCCN5CCOCC5)cc3)CC4)n(C)c2C)c2ccccc2)cc1F. The van der Waals surface area contributed by atoms with Crippen molar-refractivity contribution < 1.29 is 33.0 Å². The van der Waals surface area contributed by atoms with Gasteiger partial charge in [0.1, 0.15) is 12.4 Å². The number of hydrogen-bond acceptors (Lipinski definition) is 8. The maximum Gasteiger partial charge on any atom is 0.264 e. The highest BCUT2D eigenvalue weighted by atomic mass is 19.1. The van der Waals surface area contributed by atoms with Gasteiger partial charge in [0.05, 0.1) is 44.2 Å². The number of amides is 3. The zero-order valence-corrected chi connectivity index (χ0v) is 38.0. The molecule has 0 N–H and O–H groups in total. The van der Waals surface area contributed by atoms with Gasteiger partial charge in [-0.25, -0.2) is 9.37 Å². The third-order valence-electron chi connectivity index (χ3n) is 13.3. The Hall–Kier alpha value is -6.83. The van der Waals surface area contributed by atoms with Crippen LogP contribution in [0.2, 0.25) is 0 Å². The Labute approximate surface area is 385 Å². The van der Waals surface area contributed by atoms with Crippen LogP contribution in [0.25, 0.3) is 11.3 Å². The number of halogens is 1. The zero-order valence-electron chi connectivity index (χ0n) is 38.0. The van der Waals surface area contributed by atoms with E-state index in [0.29, 0.717) is 66.4 Å². The van der Waals surface area contributed by atoms with Gasteiger partial charge in [0, 0.05) is 86.6 Å². The molecule has 340 valence electrons. The minimum atomic E-state index is -0.698. The van der Waals surface area contributed by atoms with Gasteiger partial charge in [-0.2, -0.15) is 0 Å². The van der Waals surface area contributed by atoms with Crippen LogP contribution in [0.4, 0.5) is 15.8 Å². The second-order valence-corrected chi connectivity index (χ2v) is 17.4. The molecule has 0 aliphatic carbocycles. The van der Waals surface area contributed by atoms with Crippen LogP contribution in [-0.4, -0.2) is 101 Å². The third kappa shape index (κ3) is 9.18. The fraction of sp³-hybridized carbons (Fsp3) is 0.321. The van der Waals surface area contributed by atoms with Crippen LogP contribution in [0.3, 0.4) is 0 Å². The molecule has 3 amide bonds. The molecule has 0 bridgehead atoms. The van der Waals surface area contributed by atoms with E-state index in [1.807, 2.05) is 95.1 Å². The minimum absolute atomic E-state index is 0.0102. The molecule has 0 radical (unpaired) electrons. The first-order valence-corrected chi connectivity index (χ1v) is 22.6. The number of hydrogen-bond donors (Lipinski definition) is 0. The number of nitrogens with zero attached hydrogens (tertiary/aromatic N) is 6. The van der Waals surface area contributed by atoms with Gasteiger partial charge in [0.2, 0.25) is 11.8 Å². The fourth-order valence-electron chi connectivity index (χ4n) is 9.37. The molecule has 2 aromatic heterocycles. The largest absolute Gasteiger partial charge is 0.492 e. The zero-order chi connectivity index (χ0) is 45.9. The summed E-state index contributed by atoms with van der Waals surface area (Å²) in [5.41, 5.74) is 8.90. The van der Waals surface area contributed by atoms with Gasteiger partial charge in [0.25, 0.3) is 11.8 Å². The Bertz CT molecular complexity index is 2750. The van der Waals surface area contributed by atoms with Crippen molar-refractivity contribution in [1.29, 1.82) is 0 Å². The van der Waals surface area contributed by atoms with Gasteiger partial charge >= 0.3 is 0 Å². The van der Waals surface area contributed by atoms with Crippen molar-refractivity contribution in [3.05, 3.63) is 160 Å². The van der Waals surface area contributed by atoms with Crippen LogP contribution in [-0.2, 0) is 48.9 Å². The van der Waals surface area contributed by atoms with Crippen LogP contribution in [0.1, 0.15) is 61.2 Å². The Morgan fingerprint density at radius 2 is 1.58 bits per heavy atom. The summed E-state index contributed by atoms with van der Waals surface area (Å²) >= 11 is 0. The monoisotopic (exact) mass is 890 g/mol. The van der Waals surface area contributed by atoms with Gasteiger partial charge in [-0.05, 0) is 97.0 Å². The average molecular weight is 891 g/mol. The Balaban J connectivity index is 1.02. The molecule has 5 heterocycles. The molecule has 0 saturated carbocycles. The number of fused-ring (bicyclic) bond motifs is 2. The molecular formula is C53H55FN6O6. The molecule has 6 aromatic rings. The maximum absolute atomic E-state index is 15.1. The van der Waals surface area contributed by atoms with Crippen LogP contribution in [0, 0.1) is 12.7 Å². The predicted molar refractivity (Wildman–Crippen MR) is 251 cm³/mol. The molecule has 1 saturated heterocycles. The molecule has 13 heteroatoms. The molecular weight excluding hydrogens is 836 g/mol. The topological polar surface area (TPSA) is 110 Å². The van der Waals surface area contributed by atoms with E-state index in [2.05, 4.69) is 35.0 Å². The van der Waals surface area contributed by atoms with Crippen molar-refractivity contribution in [3.63, 3.8) is 0 Å². The second kappa shape index (κ2) is 19.3. The van der Waals surface area contributed by atoms with E-state index in [4.69, 9.17) is 14.2 Å². The lowest BCUT2D eigenvalue weighted by molar-refractivity contribution is -0.131. The van der Waals surface area contributed by atoms with Gasteiger partial charge in [-0.15, -0.1) is 0 Å². The molecule has 0 spiro atoms. The lowest BCUT2D eigenvalue weighted by Gasteiger charge is -2.36. The van der Waals surface area contributed by atoms with E-state index in [9.17, 15) is 9.59 Å². The van der Waals surface area contributed by atoms with E-state index < -0.39 is 5.82 Å². The van der Waals surface area contributed by atoms with Crippen LogP contribution in [0.15, 0.2) is 109 Å². The summed E-state index contributed by atoms with van der Waals surface area (Å²) in [7, 11) is 3.23. The molecule has 4 aromatic carbocycles. The van der Waals surface area contributed by atoms with E-state index >= 15 is 9.18 Å². The number of aromatic nitrogens is 2. The van der Waals surface area contributed by atoms with Crippen molar-refractivity contribution >= 4 is 29.1 Å². The Morgan fingerprint density at radius 3 is 2.32 bits per heavy atom. The molecule has 1 atom stereocenters. The summed E-state index contributed by atoms with van der Waals surface area (Å²) in [4.78, 5) is 55.6. The summed E-state index contributed by atoms with van der Waals surface area (Å²) < 4.78 is 33.6. The summed E-state index contributed by atoms with van der Waals surface area (Å²) in [6, 6.07) is 32.1. The first-order chi connectivity index (χ1) is 32.1. The summed E-state index contributed by atoms with van der Waals surface area (Å²) in [5.74, 6) is -0.601. The molecule has 66 heavy (non-hydrogen) atoms. The van der Waals surface area contributed by atoms with E-state index in [1.54, 1.807) is 12.1 Å². The standard InChI is InChI=1S/C53H55FN6O6/c1-35-26-38-10-8-9-11-40(38)34-59(35)52(62)47-29-41-33-58(50(61)27-37-14-16-44(17-15-37)66-25-22-57-20-23-65-24-21-57)19-18-39(41)28-46(47)49-31-45(36(2)56(49)3)53(63)60(42-12-6-5-7-13-42)43-30-48(54)51(64-4)55-32-43/h5-17,28-32,35H,18-27,33-34H2,1-4H3/t35-/m1/s1. The van der Waals surface area contributed by atoms with E-state index in [0.717, 1.165) is 67.3 Å². The van der Waals surface area contributed by atoms with Crippen molar-refractivity contribution in [2.45, 2.75) is 52.2 Å². The molecule has 1 fully saturated rings. The molecule has 9 rings (SSSR count).